The van der Waals surface area contributed by atoms with Crippen molar-refractivity contribution in [3.05, 3.63) is 48.5 Å². The van der Waals surface area contributed by atoms with E-state index in [0.29, 0.717) is 32.0 Å². The molecule has 0 spiro atoms. The zero-order valence-electron chi connectivity index (χ0n) is 16.8. The van der Waals surface area contributed by atoms with Crippen molar-refractivity contribution >= 4 is 39.1 Å². The molecule has 160 valence electrons. The van der Waals surface area contributed by atoms with Gasteiger partial charge in [-0.15, -0.1) is 11.8 Å². The van der Waals surface area contributed by atoms with Crippen LogP contribution in [-0.2, 0) is 19.6 Å². The summed E-state index contributed by atoms with van der Waals surface area (Å²) in [6, 6.07) is 14.1. The number of nitrogens with zero attached hydrogens (tertiary/aromatic N) is 2. The summed E-state index contributed by atoms with van der Waals surface area (Å²) in [4.78, 5) is 16.4. The van der Waals surface area contributed by atoms with Gasteiger partial charge in [0.15, 0.2) is 0 Å². The highest BCUT2D eigenvalue weighted by atomic mass is 32.2. The summed E-state index contributed by atoms with van der Waals surface area (Å²) in [5.41, 5.74) is 1.65. The van der Waals surface area contributed by atoms with Gasteiger partial charge in [0.2, 0.25) is 15.9 Å². The number of amides is 1. The summed E-state index contributed by atoms with van der Waals surface area (Å²) >= 11 is 1.80. The summed E-state index contributed by atoms with van der Waals surface area (Å²) in [6.45, 7) is 4.21. The molecule has 0 bridgehead atoms. The monoisotopic (exact) mass is 447 g/mol. The van der Waals surface area contributed by atoms with Gasteiger partial charge in [0.25, 0.3) is 0 Å². The molecule has 2 aromatic carbocycles. The van der Waals surface area contributed by atoms with E-state index in [9.17, 15) is 13.2 Å². The Morgan fingerprint density at radius 2 is 1.77 bits per heavy atom. The molecule has 0 aromatic heterocycles. The lowest BCUT2D eigenvalue weighted by Crippen LogP contribution is -2.44. The Morgan fingerprint density at radius 1 is 1.07 bits per heavy atom. The number of hydrogen-bond donors (Lipinski definition) is 1. The quantitative estimate of drug-likeness (QED) is 0.759. The van der Waals surface area contributed by atoms with Crippen LogP contribution in [-0.4, -0.2) is 63.3 Å². The number of ether oxygens (including phenoxy) is 1. The molecule has 0 saturated carbocycles. The van der Waals surface area contributed by atoms with Crippen molar-refractivity contribution in [1.82, 2.24) is 4.31 Å². The van der Waals surface area contributed by atoms with Crippen molar-refractivity contribution in [2.75, 3.05) is 48.8 Å². The number of nitrogens with one attached hydrogen (secondary N) is 1. The molecule has 2 aliphatic rings. The van der Waals surface area contributed by atoms with Gasteiger partial charge in [0, 0.05) is 36.0 Å². The van der Waals surface area contributed by atoms with Gasteiger partial charge in [-0.05, 0) is 43.3 Å². The van der Waals surface area contributed by atoms with Crippen LogP contribution in [0.2, 0.25) is 0 Å². The molecular weight excluding hydrogens is 422 g/mol. The first kappa shape index (κ1) is 21.2. The predicted octanol–water partition coefficient (Wildman–Crippen LogP) is 2.65. The number of sulfonamides is 1. The topological polar surface area (TPSA) is 79.0 Å². The second kappa shape index (κ2) is 8.97. The Balaban J connectivity index is 1.44. The van der Waals surface area contributed by atoms with Gasteiger partial charge in [0.05, 0.1) is 23.8 Å². The van der Waals surface area contributed by atoms with Crippen LogP contribution in [0.3, 0.4) is 0 Å². The van der Waals surface area contributed by atoms with Crippen molar-refractivity contribution in [2.24, 2.45) is 0 Å². The SMILES string of the molecule is CC(C(=O)Nc1ccc(S(=O)(=O)N2CCOCC2)cc1)N1CCSc2ccccc21. The standard InChI is InChI=1S/C21H25N3O4S2/c1-16(24-12-15-29-20-5-3-2-4-19(20)24)21(25)22-17-6-8-18(9-7-17)30(26,27)23-10-13-28-14-11-23/h2-9,16H,10-15H2,1H3,(H,22,25). The number of morpholine rings is 1. The van der Waals surface area contributed by atoms with Gasteiger partial charge in [-0.1, -0.05) is 12.1 Å². The summed E-state index contributed by atoms with van der Waals surface area (Å²) in [5.74, 6) is 0.809. The Labute approximate surface area is 181 Å². The van der Waals surface area contributed by atoms with E-state index in [-0.39, 0.29) is 16.8 Å². The second-order valence-electron chi connectivity index (χ2n) is 7.22. The Hall–Kier alpha value is -2.07. The third-order valence-corrected chi connectivity index (χ3v) is 8.30. The largest absolute Gasteiger partial charge is 0.379 e. The van der Waals surface area contributed by atoms with Gasteiger partial charge in [-0.2, -0.15) is 4.31 Å². The van der Waals surface area contributed by atoms with Crippen LogP contribution >= 0.6 is 11.8 Å². The molecule has 1 atom stereocenters. The van der Waals surface area contributed by atoms with Crippen molar-refractivity contribution in [3.63, 3.8) is 0 Å². The molecule has 9 heteroatoms. The number of anilines is 2. The van der Waals surface area contributed by atoms with Gasteiger partial charge >= 0.3 is 0 Å². The average molecular weight is 448 g/mol. The fraction of sp³-hybridized carbons (Fsp3) is 0.381. The second-order valence-corrected chi connectivity index (χ2v) is 10.3. The Morgan fingerprint density at radius 3 is 2.50 bits per heavy atom. The predicted molar refractivity (Wildman–Crippen MR) is 119 cm³/mol. The number of carbonyl (C=O) groups is 1. The Kier molecular flexibility index (Phi) is 6.33. The fourth-order valence-corrected chi connectivity index (χ4v) is 6.05. The van der Waals surface area contributed by atoms with Crippen LogP contribution in [0.15, 0.2) is 58.3 Å². The minimum atomic E-state index is -3.54. The maximum atomic E-state index is 12.9. The number of hydrogen-bond acceptors (Lipinski definition) is 6. The van der Waals surface area contributed by atoms with Crippen molar-refractivity contribution in [2.45, 2.75) is 22.8 Å². The van der Waals surface area contributed by atoms with Gasteiger partial charge in [-0.3, -0.25) is 4.79 Å². The zero-order valence-corrected chi connectivity index (χ0v) is 18.4. The maximum Gasteiger partial charge on any atom is 0.246 e. The number of carbonyl (C=O) groups excluding carboxylic acids is 1. The van der Waals surface area contributed by atoms with E-state index in [4.69, 9.17) is 4.74 Å². The minimum absolute atomic E-state index is 0.125. The highest BCUT2D eigenvalue weighted by Crippen LogP contribution is 2.35. The van der Waals surface area contributed by atoms with E-state index < -0.39 is 10.0 Å². The number of benzene rings is 2. The Bertz CT molecular complexity index is 1010. The van der Waals surface area contributed by atoms with E-state index in [1.165, 1.54) is 21.3 Å². The molecule has 2 heterocycles. The zero-order chi connectivity index (χ0) is 21.1. The molecule has 0 radical (unpaired) electrons. The molecule has 30 heavy (non-hydrogen) atoms. The molecule has 7 nitrogen and oxygen atoms in total. The van der Waals surface area contributed by atoms with Crippen molar-refractivity contribution in [1.29, 1.82) is 0 Å². The van der Waals surface area contributed by atoms with E-state index in [2.05, 4.69) is 16.3 Å². The first-order chi connectivity index (χ1) is 14.5. The normalized spacial score (nSPS) is 18.5. The summed E-state index contributed by atoms with van der Waals surface area (Å²) in [7, 11) is -3.54. The number of rotatable bonds is 5. The molecule has 0 aliphatic carbocycles. The molecule has 2 aromatic rings. The van der Waals surface area contributed by atoms with E-state index in [1.807, 2.05) is 25.1 Å². The number of para-hydroxylation sites is 1. The van der Waals surface area contributed by atoms with E-state index in [1.54, 1.807) is 23.9 Å². The molecule has 1 N–H and O–H groups in total. The van der Waals surface area contributed by atoms with Crippen LogP contribution in [0.1, 0.15) is 6.92 Å². The summed E-state index contributed by atoms with van der Waals surface area (Å²) in [5, 5.41) is 2.91. The van der Waals surface area contributed by atoms with Crippen molar-refractivity contribution < 1.29 is 17.9 Å². The lowest BCUT2D eigenvalue weighted by atomic mass is 10.2. The van der Waals surface area contributed by atoms with Gasteiger partial charge < -0.3 is 15.0 Å². The van der Waals surface area contributed by atoms with Crippen LogP contribution < -0.4 is 10.2 Å². The highest BCUT2D eigenvalue weighted by Gasteiger charge is 2.28. The lowest BCUT2D eigenvalue weighted by molar-refractivity contribution is -0.117. The molecule has 2 aliphatic heterocycles. The smallest absolute Gasteiger partial charge is 0.246 e. The minimum Gasteiger partial charge on any atom is -0.379 e. The third-order valence-electron chi connectivity index (χ3n) is 5.34. The van der Waals surface area contributed by atoms with Crippen molar-refractivity contribution in [3.8, 4) is 0 Å². The van der Waals surface area contributed by atoms with Crippen LogP contribution in [0.5, 0.6) is 0 Å². The molecule has 1 saturated heterocycles. The molecular formula is C21H25N3O4S2. The van der Waals surface area contributed by atoms with E-state index >= 15 is 0 Å². The average Bonchev–Trinajstić information content (AvgIpc) is 2.79. The van der Waals surface area contributed by atoms with Crippen LogP contribution in [0.4, 0.5) is 11.4 Å². The van der Waals surface area contributed by atoms with Gasteiger partial charge in [-0.25, -0.2) is 8.42 Å². The highest BCUT2D eigenvalue weighted by molar-refractivity contribution is 7.99. The maximum absolute atomic E-state index is 12.9. The molecule has 1 fully saturated rings. The third kappa shape index (κ3) is 4.34. The summed E-state index contributed by atoms with van der Waals surface area (Å²) < 4.78 is 32.1. The lowest BCUT2D eigenvalue weighted by Gasteiger charge is -2.35. The summed E-state index contributed by atoms with van der Waals surface area (Å²) in [6.07, 6.45) is 0. The molecule has 1 amide bonds. The first-order valence-corrected chi connectivity index (χ1v) is 12.4. The van der Waals surface area contributed by atoms with Crippen LogP contribution in [0, 0.1) is 0 Å². The van der Waals surface area contributed by atoms with Crippen LogP contribution in [0.25, 0.3) is 0 Å². The molecule has 1 unspecified atom stereocenters. The molecule has 4 rings (SSSR count). The first-order valence-electron chi connectivity index (χ1n) is 9.94. The fourth-order valence-electron chi connectivity index (χ4n) is 3.63. The number of fused-ring (bicyclic) bond motifs is 1. The van der Waals surface area contributed by atoms with E-state index in [0.717, 1.165) is 18.0 Å². The number of thioether (sulfide) groups is 1. The van der Waals surface area contributed by atoms with Gasteiger partial charge in [0.1, 0.15) is 6.04 Å².